The van der Waals surface area contributed by atoms with Crippen molar-refractivity contribution in [1.82, 2.24) is 9.97 Å². The summed E-state index contributed by atoms with van der Waals surface area (Å²) >= 11 is 0. The van der Waals surface area contributed by atoms with E-state index in [0.717, 1.165) is 10.8 Å². The molecule has 20 heavy (non-hydrogen) atoms. The van der Waals surface area contributed by atoms with E-state index < -0.39 is 5.91 Å². The molecule has 0 spiro atoms. The van der Waals surface area contributed by atoms with Crippen LogP contribution in [0.1, 0.15) is 10.5 Å². The normalized spacial score (nSPS) is 10.4. The van der Waals surface area contributed by atoms with E-state index in [0.29, 0.717) is 5.69 Å². The molecule has 3 aromatic rings. The smallest absolute Gasteiger partial charge is 0.275 e. The number of aromatic nitrogens is 2. The van der Waals surface area contributed by atoms with Crippen molar-refractivity contribution in [2.75, 3.05) is 5.32 Å². The van der Waals surface area contributed by atoms with Crippen LogP contribution in [-0.4, -0.2) is 15.9 Å². The molecular formula is C15H11N3O2. The highest BCUT2D eigenvalue weighted by Crippen LogP contribution is 2.16. The van der Waals surface area contributed by atoms with Gasteiger partial charge in [0.15, 0.2) is 0 Å². The van der Waals surface area contributed by atoms with E-state index in [4.69, 9.17) is 0 Å². The average molecular weight is 265 g/mol. The molecule has 2 aromatic heterocycles. The zero-order chi connectivity index (χ0) is 13.9. The molecule has 2 N–H and O–H groups in total. The van der Waals surface area contributed by atoms with Crippen LogP contribution in [0.5, 0.6) is 0 Å². The minimum absolute atomic E-state index is 0.201. The summed E-state index contributed by atoms with van der Waals surface area (Å²) in [5, 5.41) is 4.25. The fraction of sp³-hybridized carbons (Fsp3) is 0. The molecule has 0 aliphatic carbocycles. The number of rotatable bonds is 2. The molecule has 0 radical (unpaired) electrons. The molecule has 0 atom stereocenters. The van der Waals surface area contributed by atoms with Gasteiger partial charge in [0, 0.05) is 30.0 Å². The van der Waals surface area contributed by atoms with E-state index in [1.807, 2.05) is 30.3 Å². The number of nitrogens with zero attached hydrogens (tertiary/aromatic N) is 1. The fourth-order valence-electron chi connectivity index (χ4n) is 2.00. The molecule has 5 nitrogen and oxygen atoms in total. The number of aromatic amines is 1. The minimum Gasteiger partial charge on any atom is -0.366 e. The van der Waals surface area contributed by atoms with Crippen LogP contribution in [-0.2, 0) is 0 Å². The first-order chi connectivity index (χ1) is 9.75. The van der Waals surface area contributed by atoms with Crippen molar-refractivity contribution < 1.29 is 4.79 Å². The highest BCUT2D eigenvalue weighted by atomic mass is 16.2. The third-order valence-corrected chi connectivity index (χ3v) is 2.96. The fourth-order valence-corrected chi connectivity index (χ4v) is 2.00. The van der Waals surface area contributed by atoms with Crippen LogP contribution in [0.2, 0.25) is 0 Å². The van der Waals surface area contributed by atoms with Gasteiger partial charge in [-0.1, -0.05) is 24.3 Å². The summed E-state index contributed by atoms with van der Waals surface area (Å²) in [5.41, 5.74) is 0.246. The molecule has 3 rings (SSSR count). The molecule has 1 amide bonds. The summed E-state index contributed by atoms with van der Waals surface area (Å²) in [7, 11) is 0. The maximum absolute atomic E-state index is 12.3. The molecule has 0 aliphatic heterocycles. The third-order valence-electron chi connectivity index (χ3n) is 2.96. The Morgan fingerprint density at radius 2 is 2.00 bits per heavy atom. The maximum atomic E-state index is 12.3. The Hall–Kier alpha value is -2.95. The van der Waals surface area contributed by atoms with Gasteiger partial charge >= 0.3 is 0 Å². The van der Waals surface area contributed by atoms with Crippen LogP contribution in [0.15, 0.2) is 59.8 Å². The number of anilines is 1. The zero-order valence-electron chi connectivity index (χ0n) is 10.5. The molecule has 0 saturated heterocycles. The summed E-state index contributed by atoms with van der Waals surface area (Å²) in [5.74, 6) is -0.404. The lowest BCUT2D eigenvalue weighted by Crippen LogP contribution is -2.19. The van der Waals surface area contributed by atoms with Gasteiger partial charge in [-0.05, 0) is 11.5 Å². The molecule has 0 saturated carbocycles. The van der Waals surface area contributed by atoms with Crippen molar-refractivity contribution in [1.29, 1.82) is 0 Å². The number of benzene rings is 1. The monoisotopic (exact) mass is 265 g/mol. The highest BCUT2D eigenvalue weighted by Gasteiger charge is 2.12. The number of hydrogen-bond acceptors (Lipinski definition) is 3. The molecule has 0 unspecified atom stereocenters. The van der Waals surface area contributed by atoms with Gasteiger partial charge < -0.3 is 10.3 Å². The minimum atomic E-state index is -0.404. The standard InChI is InChI=1S/C15H11N3O2/c19-13-6-7-16-9-12(13)18-15(20)14-11-4-2-1-3-10(11)5-8-17-14/h1-9H,(H,16,19)(H,18,20). The lowest BCUT2D eigenvalue weighted by Gasteiger charge is -2.06. The van der Waals surface area contributed by atoms with Crippen LogP contribution in [0, 0.1) is 0 Å². The Morgan fingerprint density at radius 3 is 2.85 bits per heavy atom. The van der Waals surface area contributed by atoms with Gasteiger partial charge in [0.05, 0.1) is 0 Å². The zero-order valence-corrected chi connectivity index (χ0v) is 10.5. The lowest BCUT2D eigenvalue weighted by molar-refractivity contribution is 0.102. The summed E-state index contributed by atoms with van der Waals surface area (Å²) in [4.78, 5) is 30.7. The topological polar surface area (TPSA) is 74.8 Å². The molecule has 0 fully saturated rings. The van der Waals surface area contributed by atoms with E-state index >= 15 is 0 Å². The van der Waals surface area contributed by atoms with Crippen LogP contribution < -0.4 is 10.7 Å². The van der Waals surface area contributed by atoms with Crippen LogP contribution >= 0.6 is 0 Å². The quantitative estimate of drug-likeness (QED) is 0.745. The maximum Gasteiger partial charge on any atom is 0.275 e. The number of pyridine rings is 2. The number of amides is 1. The number of hydrogen-bond donors (Lipinski definition) is 2. The number of fused-ring (bicyclic) bond motifs is 1. The van der Waals surface area contributed by atoms with Crippen molar-refractivity contribution in [2.24, 2.45) is 0 Å². The van der Waals surface area contributed by atoms with E-state index in [9.17, 15) is 9.59 Å². The highest BCUT2D eigenvalue weighted by molar-refractivity contribution is 6.11. The van der Waals surface area contributed by atoms with E-state index in [2.05, 4.69) is 15.3 Å². The Bertz CT molecular complexity index is 834. The summed E-state index contributed by atoms with van der Waals surface area (Å²) in [6.45, 7) is 0. The molecular weight excluding hydrogens is 254 g/mol. The SMILES string of the molecule is O=C(Nc1c[nH]ccc1=O)c1nccc2ccccc12. The van der Waals surface area contributed by atoms with Crippen LogP contribution in [0.25, 0.3) is 10.8 Å². The van der Waals surface area contributed by atoms with E-state index in [-0.39, 0.29) is 11.1 Å². The molecule has 98 valence electrons. The van der Waals surface area contributed by atoms with Crippen LogP contribution in [0.3, 0.4) is 0 Å². The summed E-state index contributed by atoms with van der Waals surface area (Å²) in [6, 6.07) is 10.7. The van der Waals surface area contributed by atoms with E-state index in [1.165, 1.54) is 18.5 Å². The second-order valence-electron chi connectivity index (χ2n) is 4.26. The van der Waals surface area contributed by atoms with Gasteiger partial charge in [-0.25, -0.2) is 0 Å². The summed E-state index contributed by atoms with van der Waals surface area (Å²) < 4.78 is 0. The number of carbonyl (C=O) groups excluding carboxylic acids is 1. The first kappa shape index (κ1) is 12.1. The second-order valence-corrected chi connectivity index (χ2v) is 4.26. The first-order valence-electron chi connectivity index (χ1n) is 6.08. The summed E-state index contributed by atoms with van der Waals surface area (Å²) in [6.07, 6.45) is 4.53. The van der Waals surface area contributed by atoms with Gasteiger partial charge in [-0.15, -0.1) is 0 Å². The Balaban J connectivity index is 2.02. The Morgan fingerprint density at radius 1 is 1.15 bits per heavy atom. The van der Waals surface area contributed by atoms with Crippen molar-refractivity contribution in [3.05, 3.63) is 70.9 Å². The van der Waals surface area contributed by atoms with Gasteiger partial charge in [-0.2, -0.15) is 0 Å². The van der Waals surface area contributed by atoms with Crippen molar-refractivity contribution in [2.45, 2.75) is 0 Å². The van der Waals surface area contributed by atoms with Gasteiger partial charge in [0.25, 0.3) is 5.91 Å². The average Bonchev–Trinajstić information content (AvgIpc) is 2.49. The van der Waals surface area contributed by atoms with Crippen molar-refractivity contribution in [3.63, 3.8) is 0 Å². The van der Waals surface area contributed by atoms with Crippen molar-refractivity contribution in [3.8, 4) is 0 Å². The molecule has 1 aromatic carbocycles. The molecule has 0 bridgehead atoms. The predicted molar refractivity (Wildman–Crippen MR) is 76.8 cm³/mol. The third kappa shape index (κ3) is 2.16. The number of carbonyl (C=O) groups is 1. The predicted octanol–water partition coefficient (Wildman–Crippen LogP) is 2.18. The van der Waals surface area contributed by atoms with Crippen LogP contribution in [0.4, 0.5) is 5.69 Å². The van der Waals surface area contributed by atoms with Gasteiger partial charge in [0.2, 0.25) is 5.43 Å². The molecule has 2 heterocycles. The Labute approximate surface area is 114 Å². The largest absolute Gasteiger partial charge is 0.366 e. The Kier molecular flexibility index (Phi) is 3.01. The van der Waals surface area contributed by atoms with Gasteiger partial charge in [-0.3, -0.25) is 14.6 Å². The van der Waals surface area contributed by atoms with E-state index in [1.54, 1.807) is 6.20 Å². The van der Waals surface area contributed by atoms with Crippen molar-refractivity contribution >= 4 is 22.4 Å². The molecule has 0 aliphatic rings. The lowest BCUT2D eigenvalue weighted by atomic mass is 10.1. The first-order valence-corrected chi connectivity index (χ1v) is 6.08. The number of nitrogens with one attached hydrogen (secondary N) is 2. The van der Waals surface area contributed by atoms with Gasteiger partial charge in [0.1, 0.15) is 11.4 Å². The second kappa shape index (κ2) is 4.97. The number of H-pyrrole nitrogens is 1. The molecule has 5 heteroatoms.